The second-order valence-corrected chi connectivity index (χ2v) is 10.5. The molecule has 0 radical (unpaired) electrons. The minimum atomic E-state index is -4.74. The number of alkyl halides is 6. The van der Waals surface area contributed by atoms with Crippen LogP contribution in [0, 0.1) is 11.8 Å². The average molecular weight is 585 g/mol. The van der Waals surface area contributed by atoms with E-state index in [9.17, 15) is 40.7 Å². The van der Waals surface area contributed by atoms with Crippen molar-refractivity contribution in [1.82, 2.24) is 5.32 Å². The molecule has 41 heavy (non-hydrogen) atoms. The Bertz CT molecular complexity index is 1280. The Morgan fingerprint density at radius 1 is 0.951 bits per heavy atom. The van der Waals surface area contributed by atoms with E-state index in [0.717, 1.165) is 18.4 Å². The van der Waals surface area contributed by atoms with E-state index in [1.54, 1.807) is 29.2 Å². The molecular weight excluding hydrogens is 554 g/mol. The number of para-hydroxylation sites is 2. The zero-order valence-corrected chi connectivity index (χ0v) is 21.9. The first-order chi connectivity index (χ1) is 19.2. The summed E-state index contributed by atoms with van der Waals surface area (Å²) in [5, 5.41) is 5.12. The van der Waals surface area contributed by atoms with Gasteiger partial charge in [0.05, 0.1) is 17.9 Å². The number of benzene rings is 2. The van der Waals surface area contributed by atoms with Gasteiger partial charge in [-0.15, -0.1) is 0 Å². The van der Waals surface area contributed by atoms with Gasteiger partial charge < -0.3 is 21.3 Å². The highest BCUT2D eigenvalue weighted by molar-refractivity contribution is 6.02. The van der Waals surface area contributed by atoms with Gasteiger partial charge in [-0.3, -0.25) is 14.4 Å². The summed E-state index contributed by atoms with van der Waals surface area (Å²) in [6.45, 7) is -0.127. The Morgan fingerprint density at radius 2 is 1.59 bits per heavy atom. The van der Waals surface area contributed by atoms with Crippen LogP contribution < -0.4 is 21.3 Å². The minimum Gasteiger partial charge on any atom is -0.369 e. The Morgan fingerprint density at radius 3 is 2.20 bits per heavy atom. The summed E-state index contributed by atoms with van der Waals surface area (Å²) in [5.41, 5.74) is 8.13. The van der Waals surface area contributed by atoms with E-state index >= 15 is 0 Å². The summed E-state index contributed by atoms with van der Waals surface area (Å²) < 4.78 is 78.0. The summed E-state index contributed by atoms with van der Waals surface area (Å²) in [7, 11) is 0. The quantitative estimate of drug-likeness (QED) is 0.319. The van der Waals surface area contributed by atoms with Crippen LogP contribution in [0.5, 0.6) is 0 Å². The van der Waals surface area contributed by atoms with Gasteiger partial charge in [0, 0.05) is 30.4 Å². The zero-order chi connectivity index (χ0) is 29.9. The van der Waals surface area contributed by atoms with Gasteiger partial charge in [-0.05, 0) is 61.4 Å². The highest BCUT2D eigenvalue weighted by Crippen LogP contribution is 2.42. The first-order valence-corrected chi connectivity index (χ1v) is 13.2. The predicted molar refractivity (Wildman–Crippen MR) is 139 cm³/mol. The number of fused-ring (bicyclic) bond motifs is 1. The normalized spacial score (nSPS) is 19.0. The van der Waals surface area contributed by atoms with E-state index < -0.39 is 73.6 Å². The smallest absolute Gasteiger partial charge is 0.369 e. The summed E-state index contributed by atoms with van der Waals surface area (Å²) in [6, 6.07) is 13.2. The Balaban J connectivity index is 1.62. The zero-order valence-electron chi connectivity index (χ0n) is 21.9. The number of nitrogens with one attached hydrogen (secondary N) is 2. The molecular formula is C28H30F6N4O3. The number of amides is 3. The summed E-state index contributed by atoms with van der Waals surface area (Å²) in [6.07, 6.45) is -12.3. The fraction of sp³-hybridized carbons (Fsp3) is 0.464. The molecule has 0 aromatic heterocycles. The lowest BCUT2D eigenvalue weighted by Crippen LogP contribution is -2.52. The number of carbonyl (C=O) groups excluding carboxylic acids is 3. The molecule has 2 aliphatic rings. The van der Waals surface area contributed by atoms with Crippen LogP contribution in [0.2, 0.25) is 0 Å². The molecule has 2 aromatic carbocycles. The molecule has 3 amide bonds. The minimum absolute atomic E-state index is 0.127. The number of primary amides is 1. The van der Waals surface area contributed by atoms with Gasteiger partial charge in [-0.1, -0.05) is 24.3 Å². The third-order valence-corrected chi connectivity index (χ3v) is 7.35. The molecule has 7 nitrogen and oxygen atoms in total. The lowest BCUT2D eigenvalue weighted by atomic mass is 9.83. The number of anilines is 3. The monoisotopic (exact) mass is 584 g/mol. The van der Waals surface area contributed by atoms with Gasteiger partial charge in [0.2, 0.25) is 17.7 Å². The van der Waals surface area contributed by atoms with Crippen LogP contribution in [0.1, 0.15) is 50.0 Å². The van der Waals surface area contributed by atoms with Crippen LogP contribution in [0.3, 0.4) is 0 Å². The summed E-state index contributed by atoms with van der Waals surface area (Å²) in [5.74, 6) is -6.39. The Labute approximate surface area is 232 Å². The molecule has 2 aromatic rings. The number of hydrogen-bond donors (Lipinski definition) is 3. The first kappa shape index (κ1) is 30.2. The molecule has 1 aliphatic carbocycles. The van der Waals surface area contributed by atoms with E-state index in [-0.39, 0.29) is 6.54 Å². The van der Waals surface area contributed by atoms with Gasteiger partial charge in [-0.25, -0.2) is 0 Å². The Kier molecular flexibility index (Phi) is 8.83. The van der Waals surface area contributed by atoms with Crippen LogP contribution >= 0.6 is 0 Å². The number of rotatable bonds is 10. The van der Waals surface area contributed by atoms with Crippen molar-refractivity contribution in [3.63, 3.8) is 0 Å². The molecule has 0 spiro atoms. The number of halogens is 6. The van der Waals surface area contributed by atoms with E-state index in [1.807, 2.05) is 24.3 Å². The molecule has 13 heteroatoms. The fourth-order valence-corrected chi connectivity index (χ4v) is 5.09. The molecule has 4 rings (SSSR count). The van der Waals surface area contributed by atoms with Crippen LogP contribution in [0.25, 0.3) is 0 Å². The molecule has 0 bridgehead atoms. The molecule has 4 N–H and O–H groups in total. The maximum absolute atomic E-state index is 13.4. The SMILES string of the molecule is NC(=O)[C@H](CCC(F)(F)F)[C@H](CCC(F)(F)F)C(=O)N[C@H]1CN(c2cccc(C3CC3)c2)c2ccccc2NC1=O. The van der Waals surface area contributed by atoms with E-state index in [1.165, 1.54) is 0 Å². The number of nitrogens with two attached hydrogens (primary N) is 1. The van der Waals surface area contributed by atoms with Gasteiger partial charge in [0.15, 0.2) is 0 Å². The second-order valence-electron chi connectivity index (χ2n) is 10.5. The maximum atomic E-state index is 13.4. The van der Waals surface area contributed by atoms with Gasteiger partial charge in [0.25, 0.3) is 0 Å². The van der Waals surface area contributed by atoms with Crippen LogP contribution in [0.15, 0.2) is 48.5 Å². The van der Waals surface area contributed by atoms with E-state index in [2.05, 4.69) is 10.6 Å². The third kappa shape index (κ3) is 8.14. The predicted octanol–water partition coefficient (Wildman–Crippen LogP) is 5.54. The molecule has 222 valence electrons. The molecule has 1 fully saturated rings. The first-order valence-electron chi connectivity index (χ1n) is 13.2. The topological polar surface area (TPSA) is 105 Å². The van der Waals surface area contributed by atoms with Crippen LogP contribution in [-0.4, -0.2) is 42.7 Å². The Hall–Kier alpha value is -3.77. The molecule has 1 heterocycles. The van der Waals surface area contributed by atoms with E-state index in [4.69, 9.17) is 5.73 Å². The second kappa shape index (κ2) is 12.0. The van der Waals surface area contributed by atoms with Crippen molar-refractivity contribution in [1.29, 1.82) is 0 Å². The van der Waals surface area contributed by atoms with Gasteiger partial charge >= 0.3 is 12.4 Å². The van der Waals surface area contributed by atoms with Gasteiger partial charge in [-0.2, -0.15) is 26.3 Å². The summed E-state index contributed by atoms with van der Waals surface area (Å²) >= 11 is 0. The van der Waals surface area contributed by atoms with Gasteiger partial charge in [0.1, 0.15) is 6.04 Å². The lowest BCUT2D eigenvalue weighted by Gasteiger charge is -2.30. The average Bonchev–Trinajstić information content (AvgIpc) is 3.73. The van der Waals surface area contributed by atoms with Crippen LogP contribution in [-0.2, 0) is 14.4 Å². The maximum Gasteiger partial charge on any atom is 0.389 e. The van der Waals surface area contributed by atoms with Crippen molar-refractivity contribution < 1.29 is 40.7 Å². The van der Waals surface area contributed by atoms with Crippen molar-refractivity contribution in [3.8, 4) is 0 Å². The standard InChI is InChI=1S/C28H30F6N4O3/c29-27(30,31)12-10-19(24(35)39)20(11-13-28(32,33)34)25(40)37-22-15-38(18-5-3-4-17(14-18)16-8-9-16)23-7-2-1-6-21(23)36-26(22)41/h1-7,14,16,19-20,22H,8-13,15H2,(H2,35,39)(H,36,41)(H,37,40)/t19-,20+,22+/m1/s1. The number of hydrogen-bond acceptors (Lipinski definition) is 4. The van der Waals surface area contributed by atoms with Crippen molar-refractivity contribution in [2.75, 3.05) is 16.8 Å². The van der Waals surface area contributed by atoms with Crippen molar-refractivity contribution >= 4 is 34.8 Å². The number of carbonyl (C=O) groups is 3. The van der Waals surface area contributed by atoms with Crippen LogP contribution in [0.4, 0.5) is 43.4 Å². The number of nitrogens with zero attached hydrogens (tertiary/aromatic N) is 1. The lowest BCUT2D eigenvalue weighted by molar-refractivity contribution is -0.152. The van der Waals surface area contributed by atoms with E-state index in [0.29, 0.717) is 23.0 Å². The van der Waals surface area contributed by atoms with Crippen molar-refractivity contribution in [2.24, 2.45) is 17.6 Å². The molecule has 1 saturated carbocycles. The molecule has 0 unspecified atom stereocenters. The fourth-order valence-electron chi connectivity index (χ4n) is 5.09. The largest absolute Gasteiger partial charge is 0.389 e. The highest BCUT2D eigenvalue weighted by Gasteiger charge is 2.41. The molecule has 3 atom stereocenters. The summed E-state index contributed by atoms with van der Waals surface area (Å²) in [4.78, 5) is 40.4. The molecule has 1 aliphatic heterocycles. The highest BCUT2D eigenvalue weighted by atomic mass is 19.4. The van der Waals surface area contributed by atoms with Crippen molar-refractivity contribution in [2.45, 2.75) is 62.8 Å². The molecule has 0 saturated heterocycles. The third-order valence-electron chi connectivity index (χ3n) is 7.35. The van der Waals surface area contributed by atoms with Crippen molar-refractivity contribution in [3.05, 3.63) is 54.1 Å².